The molecule has 0 fully saturated rings. The van der Waals surface area contributed by atoms with Crippen LogP contribution >= 0.6 is 0 Å². The molecule has 2 aromatic carbocycles. The Bertz CT molecular complexity index is 1030. The Hall–Kier alpha value is -3.21. The van der Waals surface area contributed by atoms with Gasteiger partial charge in [0.05, 0.1) is 39.6 Å². The first-order valence-corrected chi connectivity index (χ1v) is 13.0. The van der Waals surface area contributed by atoms with Crippen LogP contribution < -0.4 is 28.4 Å². The van der Waals surface area contributed by atoms with Crippen molar-refractivity contribution in [1.29, 1.82) is 0 Å². The third-order valence-corrected chi connectivity index (χ3v) is 6.41. The Morgan fingerprint density at radius 3 is 1.11 bits per heavy atom. The number of sulfone groups is 1. The highest BCUT2D eigenvalue weighted by molar-refractivity contribution is 7.92. The number of phenolic OH excluding ortho intramolecular Hbond substituents is 2. The highest BCUT2D eigenvalue weighted by atomic mass is 32.2. The first-order chi connectivity index (χ1) is 16.7. The smallest absolute Gasteiger partial charge is 0.221 e. The Kier molecular flexibility index (Phi) is 10.00. The van der Waals surface area contributed by atoms with Gasteiger partial charge in [0.1, 0.15) is 11.5 Å². The van der Waals surface area contributed by atoms with E-state index in [1.165, 1.54) is 0 Å². The van der Waals surface area contributed by atoms with E-state index in [1.807, 2.05) is 0 Å². The second-order valence-electron chi connectivity index (χ2n) is 6.86. The second-order valence-corrected chi connectivity index (χ2v) is 8.69. The molecule has 35 heavy (non-hydrogen) atoms. The van der Waals surface area contributed by atoms with E-state index in [-0.39, 0.29) is 95.4 Å². The molecule has 2 N–H and O–H groups in total. The van der Waals surface area contributed by atoms with E-state index < -0.39 is 9.84 Å². The zero-order valence-electron chi connectivity index (χ0n) is 21.0. The van der Waals surface area contributed by atoms with Crippen molar-refractivity contribution in [2.75, 3.05) is 39.6 Å². The maximum Gasteiger partial charge on any atom is 0.221 e. The number of hydrogen-bond donors (Lipinski definition) is 2. The molecule has 0 amide bonds. The summed E-state index contributed by atoms with van der Waals surface area (Å²) in [6, 6.07) is 2.32. The topological polar surface area (TPSA) is 130 Å². The summed E-state index contributed by atoms with van der Waals surface area (Å²) in [5.41, 5.74) is 0. The molecular weight excluding hydrogens is 480 g/mol. The molecule has 0 bridgehead atoms. The summed E-state index contributed by atoms with van der Waals surface area (Å²) < 4.78 is 62.4. The van der Waals surface area contributed by atoms with Crippen LogP contribution in [0.3, 0.4) is 0 Å². The largest absolute Gasteiger partial charge is 0.504 e. The molecule has 10 nitrogen and oxygen atoms in total. The van der Waals surface area contributed by atoms with Crippen molar-refractivity contribution in [3.63, 3.8) is 0 Å². The third-order valence-electron chi connectivity index (χ3n) is 4.57. The van der Waals surface area contributed by atoms with Gasteiger partial charge in [-0.05, 0) is 41.5 Å². The van der Waals surface area contributed by atoms with Gasteiger partial charge in [0.2, 0.25) is 21.3 Å². The predicted molar refractivity (Wildman–Crippen MR) is 129 cm³/mol. The van der Waals surface area contributed by atoms with Crippen molar-refractivity contribution in [2.45, 2.75) is 51.3 Å². The summed E-state index contributed by atoms with van der Waals surface area (Å²) in [7, 11) is -4.55. The lowest BCUT2D eigenvalue weighted by Crippen LogP contribution is -2.14. The normalized spacial score (nSPS) is 11.1. The van der Waals surface area contributed by atoms with Gasteiger partial charge in [0.25, 0.3) is 0 Å². The molecule has 0 aliphatic heterocycles. The predicted octanol–water partition coefficient (Wildman–Crippen LogP) is 4.32. The molecule has 0 heterocycles. The van der Waals surface area contributed by atoms with Crippen LogP contribution in [0.25, 0.3) is 0 Å². The quantitative estimate of drug-likeness (QED) is 0.376. The number of benzene rings is 2. The molecule has 11 heteroatoms. The van der Waals surface area contributed by atoms with Crippen LogP contribution in [0.4, 0.5) is 0 Å². The molecule has 0 spiro atoms. The van der Waals surface area contributed by atoms with E-state index in [1.54, 1.807) is 41.5 Å². The molecule has 0 aliphatic carbocycles. The summed E-state index contributed by atoms with van der Waals surface area (Å²) in [5, 5.41) is 21.1. The number of ether oxygens (including phenoxy) is 6. The lowest BCUT2D eigenvalue weighted by molar-refractivity contribution is 0.257. The van der Waals surface area contributed by atoms with Gasteiger partial charge in [-0.25, -0.2) is 8.42 Å². The van der Waals surface area contributed by atoms with E-state index in [0.717, 1.165) is 12.1 Å². The molecule has 196 valence electrons. The standard InChI is InChI=1S/C24H34O10S/c1-7-29-17-13-15(25)19(31-9-3)21(33-11-5)23(17)35(27,28)24-18(30-8-2)14-16(26)20(32-10-4)22(24)34-12-6/h13-14,25-26H,7-12H2,1-6H3. The molecule has 0 aliphatic rings. The fourth-order valence-electron chi connectivity index (χ4n) is 3.43. The van der Waals surface area contributed by atoms with E-state index in [9.17, 15) is 18.6 Å². The first kappa shape index (κ1) is 28.0. The lowest BCUT2D eigenvalue weighted by Gasteiger charge is -2.23. The minimum Gasteiger partial charge on any atom is -0.504 e. The maximum atomic E-state index is 14.4. The first-order valence-electron chi connectivity index (χ1n) is 11.5. The molecule has 0 unspecified atom stereocenters. The monoisotopic (exact) mass is 514 g/mol. The van der Waals surface area contributed by atoms with Crippen molar-refractivity contribution in [2.24, 2.45) is 0 Å². The van der Waals surface area contributed by atoms with Crippen molar-refractivity contribution in [1.82, 2.24) is 0 Å². The van der Waals surface area contributed by atoms with E-state index in [0.29, 0.717) is 0 Å². The Balaban J connectivity index is 3.09. The van der Waals surface area contributed by atoms with Crippen LogP contribution in [0.5, 0.6) is 46.0 Å². The number of hydrogen-bond acceptors (Lipinski definition) is 10. The molecular formula is C24H34O10S. The molecule has 2 aromatic rings. The van der Waals surface area contributed by atoms with Crippen molar-refractivity contribution in [3.05, 3.63) is 12.1 Å². The maximum absolute atomic E-state index is 14.4. The number of rotatable bonds is 14. The van der Waals surface area contributed by atoms with Crippen LogP contribution in [0.2, 0.25) is 0 Å². The highest BCUT2D eigenvalue weighted by Gasteiger charge is 2.39. The molecule has 2 rings (SSSR count). The van der Waals surface area contributed by atoms with Crippen LogP contribution in [0, 0.1) is 0 Å². The minimum absolute atomic E-state index is 0.0774. The number of phenols is 2. The molecule has 0 saturated heterocycles. The van der Waals surface area contributed by atoms with Crippen LogP contribution in [0.15, 0.2) is 21.9 Å². The van der Waals surface area contributed by atoms with Crippen LogP contribution in [-0.4, -0.2) is 58.3 Å². The van der Waals surface area contributed by atoms with Gasteiger partial charge in [0.15, 0.2) is 32.8 Å². The summed E-state index contributed by atoms with van der Waals surface area (Å²) >= 11 is 0. The molecule has 0 saturated carbocycles. The Labute approximate surface area is 206 Å². The minimum atomic E-state index is -4.55. The fourth-order valence-corrected chi connectivity index (χ4v) is 5.19. The van der Waals surface area contributed by atoms with Gasteiger partial charge in [0, 0.05) is 12.1 Å². The van der Waals surface area contributed by atoms with Gasteiger partial charge in [-0.15, -0.1) is 0 Å². The number of aromatic hydroxyl groups is 2. The van der Waals surface area contributed by atoms with Crippen molar-refractivity contribution in [3.8, 4) is 46.0 Å². The Morgan fingerprint density at radius 1 is 0.543 bits per heavy atom. The third kappa shape index (κ3) is 5.72. The van der Waals surface area contributed by atoms with Gasteiger partial charge in [-0.2, -0.15) is 0 Å². The highest BCUT2D eigenvalue weighted by Crippen LogP contribution is 2.54. The van der Waals surface area contributed by atoms with E-state index in [2.05, 4.69) is 0 Å². The zero-order chi connectivity index (χ0) is 26.2. The summed E-state index contributed by atoms with van der Waals surface area (Å²) in [6.07, 6.45) is 0. The molecule has 0 atom stereocenters. The second kappa shape index (κ2) is 12.5. The zero-order valence-corrected chi connectivity index (χ0v) is 21.8. The average molecular weight is 515 g/mol. The van der Waals surface area contributed by atoms with Crippen molar-refractivity contribution >= 4 is 9.84 Å². The van der Waals surface area contributed by atoms with E-state index in [4.69, 9.17) is 28.4 Å². The summed E-state index contributed by atoms with van der Waals surface area (Å²) in [6.45, 7) is 10.7. The van der Waals surface area contributed by atoms with E-state index >= 15 is 0 Å². The van der Waals surface area contributed by atoms with Gasteiger partial charge in [-0.1, -0.05) is 0 Å². The lowest BCUT2D eigenvalue weighted by atomic mass is 10.2. The van der Waals surface area contributed by atoms with Gasteiger partial charge in [-0.3, -0.25) is 0 Å². The van der Waals surface area contributed by atoms with Gasteiger partial charge < -0.3 is 38.6 Å². The fraction of sp³-hybridized carbons (Fsp3) is 0.500. The van der Waals surface area contributed by atoms with Crippen LogP contribution in [-0.2, 0) is 9.84 Å². The van der Waals surface area contributed by atoms with Crippen LogP contribution in [0.1, 0.15) is 41.5 Å². The summed E-state index contributed by atoms with van der Waals surface area (Å²) in [4.78, 5) is -0.755. The summed E-state index contributed by atoms with van der Waals surface area (Å²) in [5.74, 6) is -1.68. The average Bonchev–Trinajstić information content (AvgIpc) is 2.79. The van der Waals surface area contributed by atoms with Crippen molar-refractivity contribution < 1.29 is 47.1 Å². The molecule has 0 radical (unpaired) electrons. The van der Waals surface area contributed by atoms with Gasteiger partial charge >= 0.3 is 0 Å². The Morgan fingerprint density at radius 2 is 0.829 bits per heavy atom. The molecule has 0 aromatic heterocycles. The SMILES string of the molecule is CCOc1cc(O)c(OCC)c(OCC)c1S(=O)(=O)c1c(OCC)cc(O)c(OCC)c1OCC.